The van der Waals surface area contributed by atoms with Gasteiger partial charge in [-0.15, -0.1) is 0 Å². The standard InChI is InChI=1S/C8H13NO3/c1-4(2)7-6(8(10)11)9-5(3)12-7/h4,6-7H,1-3H3,(H,10,11). The maximum Gasteiger partial charge on any atom is 0.332 e. The molecule has 0 radical (unpaired) electrons. The van der Waals surface area contributed by atoms with Crippen LogP contribution in [0, 0.1) is 5.92 Å². The lowest BCUT2D eigenvalue weighted by Crippen LogP contribution is -2.34. The number of hydrogen-bond acceptors (Lipinski definition) is 3. The highest BCUT2D eigenvalue weighted by Crippen LogP contribution is 2.20. The second-order valence-electron chi connectivity index (χ2n) is 3.26. The van der Waals surface area contributed by atoms with Crippen LogP contribution in [0.2, 0.25) is 0 Å². The molecule has 2 unspecified atom stereocenters. The van der Waals surface area contributed by atoms with E-state index in [1.165, 1.54) is 0 Å². The number of ether oxygens (including phenoxy) is 1. The summed E-state index contributed by atoms with van der Waals surface area (Å²) in [5.74, 6) is -0.265. The van der Waals surface area contributed by atoms with Crippen molar-refractivity contribution in [2.24, 2.45) is 10.9 Å². The molecule has 4 nitrogen and oxygen atoms in total. The average molecular weight is 171 g/mol. The molecule has 1 rings (SSSR count). The largest absolute Gasteiger partial charge is 0.480 e. The Bertz CT molecular complexity index is 222. The van der Waals surface area contributed by atoms with Crippen molar-refractivity contribution in [3.05, 3.63) is 0 Å². The van der Waals surface area contributed by atoms with Crippen LogP contribution in [-0.2, 0) is 9.53 Å². The van der Waals surface area contributed by atoms with Crippen LogP contribution in [0.3, 0.4) is 0 Å². The number of aliphatic imine (C=N–C) groups is 1. The van der Waals surface area contributed by atoms with Crippen LogP contribution in [0.4, 0.5) is 0 Å². The molecule has 4 heteroatoms. The van der Waals surface area contributed by atoms with E-state index in [-0.39, 0.29) is 12.0 Å². The zero-order valence-electron chi connectivity index (χ0n) is 7.44. The number of carboxylic acids is 1. The quantitative estimate of drug-likeness (QED) is 0.671. The molecule has 0 aromatic rings. The van der Waals surface area contributed by atoms with E-state index in [4.69, 9.17) is 9.84 Å². The highest BCUT2D eigenvalue weighted by Gasteiger charge is 2.36. The van der Waals surface area contributed by atoms with Crippen LogP contribution in [0.5, 0.6) is 0 Å². The number of nitrogens with zero attached hydrogens (tertiary/aromatic N) is 1. The summed E-state index contributed by atoms with van der Waals surface area (Å²) in [6.45, 7) is 5.53. The van der Waals surface area contributed by atoms with Gasteiger partial charge in [-0.25, -0.2) is 9.79 Å². The van der Waals surface area contributed by atoms with Crippen LogP contribution in [0.1, 0.15) is 20.8 Å². The van der Waals surface area contributed by atoms with Gasteiger partial charge in [0.25, 0.3) is 0 Å². The second-order valence-corrected chi connectivity index (χ2v) is 3.26. The molecule has 0 aromatic heterocycles. The molecule has 1 aliphatic rings. The third-order valence-electron chi connectivity index (χ3n) is 1.85. The molecule has 1 heterocycles. The highest BCUT2D eigenvalue weighted by atomic mass is 16.5. The summed E-state index contributed by atoms with van der Waals surface area (Å²) in [5.41, 5.74) is 0. The van der Waals surface area contributed by atoms with Crippen molar-refractivity contribution in [1.29, 1.82) is 0 Å². The third kappa shape index (κ3) is 1.57. The maximum atomic E-state index is 10.7. The number of carbonyl (C=O) groups is 1. The first kappa shape index (κ1) is 9.03. The summed E-state index contributed by atoms with van der Waals surface area (Å²) < 4.78 is 5.27. The predicted octanol–water partition coefficient (Wildman–Crippen LogP) is 0.913. The lowest BCUT2D eigenvalue weighted by Gasteiger charge is -2.17. The van der Waals surface area contributed by atoms with Gasteiger partial charge in [0.05, 0.1) is 0 Å². The summed E-state index contributed by atoms with van der Waals surface area (Å²) in [6.07, 6.45) is -0.303. The van der Waals surface area contributed by atoms with E-state index >= 15 is 0 Å². The van der Waals surface area contributed by atoms with Gasteiger partial charge in [0.1, 0.15) is 6.10 Å². The normalized spacial score (nSPS) is 28.5. The summed E-state index contributed by atoms with van der Waals surface area (Å²) in [6, 6.07) is -0.718. The summed E-state index contributed by atoms with van der Waals surface area (Å²) in [4.78, 5) is 14.6. The van der Waals surface area contributed by atoms with Gasteiger partial charge in [0.15, 0.2) is 11.9 Å². The Balaban J connectivity index is 2.75. The van der Waals surface area contributed by atoms with Gasteiger partial charge >= 0.3 is 5.97 Å². The monoisotopic (exact) mass is 171 g/mol. The molecule has 1 aliphatic heterocycles. The van der Waals surface area contributed by atoms with Gasteiger partial charge in [0.2, 0.25) is 0 Å². The molecule has 0 fully saturated rings. The van der Waals surface area contributed by atoms with Crippen LogP contribution in [0.25, 0.3) is 0 Å². The van der Waals surface area contributed by atoms with E-state index in [1.54, 1.807) is 6.92 Å². The zero-order chi connectivity index (χ0) is 9.30. The van der Waals surface area contributed by atoms with Crippen molar-refractivity contribution in [2.75, 3.05) is 0 Å². The number of aliphatic carboxylic acids is 1. The Morgan fingerprint density at radius 2 is 2.25 bits per heavy atom. The Labute approximate surface area is 71.3 Å². The van der Waals surface area contributed by atoms with Crippen molar-refractivity contribution in [3.8, 4) is 0 Å². The molecule has 0 saturated carbocycles. The summed E-state index contributed by atoms with van der Waals surface area (Å²) in [7, 11) is 0. The molecule has 0 spiro atoms. The number of rotatable bonds is 2. The van der Waals surface area contributed by atoms with E-state index in [0.717, 1.165) is 0 Å². The Morgan fingerprint density at radius 3 is 2.58 bits per heavy atom. The third-order valence-corrected chi connectivity index (χ3v) is 1.85. The lowest BCUT2D eigenvalue weighted by molar-refractivity contribution is -0.140. The smallest absolute Gasteiger partial charge is 0.332 e. The predicted molar refractivity (Wildman–Crippen MR) is 44.2 cm³/mol. The van der Waals surface area contributed by atoms with Crippen molar-refractivity contribution < 1.29 is 14.6 Å². The Morgan fingerprint density at radius 1 is 1.67 bits per heavy atom. The maximum absolute atomic E-state index is 10.7. The molecule has 0 bridgehead atoms. The highest BCUT2D eigenvalue weighted by molar-refractivity contribution is 5.84. The number of hydrogen-bond donors (Lipinski definition) is 1. The lowest BCUT2D eigenvalue weighted by atomic mass is 10.0. The molecule has 2 atom stereocenters. The van der Waals surface area contributed by atoms with E-state index in [9.17, 15) is 4.79 Å². The minimum Gasteiger partial charge on any atom is -0.480 e. The van der Waals surface area contributed by atoms with E-state index in [0.29, 0.717) is 5.90 Å². The molecular weight excluding hydrogens is 158 g/mol. The molecule has 0 aliphatic carbocycles. The van der Waals surface area contributed by atoms with Crippen LogP contribution in [-0.4, -0.2) is 29.1 Å². The van der Waals surface area contributed by atoms with Crippen LogP contribution in [0.15, 0.2) is 4.99 Å². The molecule has 0 amide bonds. The fourth-order valence-electron chi connectivity index (χ4n) is 1.26. The molecule has 68 valence electrons. The van der Waals surface area contributed by atoms with E-state index in [2.05, 4.69) is 4.99 Å². The first-order valence-electron chi connectivity index (χ1n) is 3.96. The molecule has 0 aromatic carbocycles. The van der Waals surface area contributed by atoms with Gasteiger partial charge in [-0.2, -0.15) is 0 Å². The average Bonchev–Trinajstić information content (AvgIpc) is 2.31. The van der Waals surface area contributed by atoms with Gasteiger partial charge in [-0.3, -0.25) is 0 Å². The second kappa shape index (κ2) is 3.13. The topological polar surface area (TPSA) is 58.9 Å². The Kier molecular flexibility index (Phi) is 2.35. The number of carboxylic acid groups (broad SMARTS) is 1. The molecule has 0 saturated heterocycles. The van der Waals surface area contributed by atoms with E-state index < -0.39 is 12.0 Å². The minimum absolute atomic E-state index is 0.173. The van der Waals surface area contributed by atoms with E-state index in [1.807, 2.05) is 13.8 Å². The Hall–Kier alpha value is -1.06. The summed E-state index contributed by atoms with van der Waals surface area (Å²) in [5, 5.41) is 8.76. The summed E-state index contributed by atoms with van der Waals surface area (Å²) >= 11 is 0. The van der Waals surface area contributed by atoms with Gasteiger partial charge in [-0.1, -0.05) is 13.8 Å². The fraction of sp³-hybridized carbons (Fsp3) is 0.750. The van der Waals surface area contributed by atoms with Crippen LogP contribution >= 0.6 is 0 Å². The van der Waals surface area contributed by atoms with Crippen molar-refractivity contribution in [1.82, 2.24) is 0 Å². The zero-order valence-corrected chi connectivity index (χ0v) is 7.44. The van der Waals surface area contributed by atoms with Gasteiger partial charge in [0, 0.05) is 6.92 Å². The molecule has 12 heavy (non-hydrogen) atoms. The first-order chi connectivity index (χ1) is 5.52. The van der Waals surface area contributed by atoms with Gasteiger partial charge in [-0.05, 0) is 5.92 Å². The molecular formula is C8H13NO3. The van der Waals surface area contributed by atoms with Crippen molar-refractivity contribution in [3.63, 3.8) is 0 Å². The van der Waals surface area contributed by atoms with Gasteiger partial charge < -0.3 is 9.84 Å². The SMILES string of the molecule is CC1=NC(C(=O)O)C(C(C)C)O1. The minimum atomic E-state index is -0.912. The first-order valence-corrected chi connectivity index (χ1v) is 3.96. The molecule has 1 N–H and O–H groups in total. The van der Waals surface area contributed by atoms with Crippen molar-refractivity contribution >= 4 is 11.9 Å². The van der Waals surface area contributed by atoms with Crippen molar-refractivity contribution in [2.45, 2.75) is 32.9 Å². The van der Waals surface area contributed by atoms with Crippen LogP contribution < -0.4 is 0 Å². The fourth-order valence-corrected chi connectivity index (χ4v) is 1.26.